The van der Waals surface area contributed by atoms with Gasteiger partial charge in [0.2, 0.25) is 0 Å². The minimum Gasteiger partial charge on any atom is -0.495 e. The molecule has 1 aliphatic heterocycles. The molecule has 8 heteroatoms. The number of anilines is 4. The number of amides is 4. The van der Waals surface area contributed by atoms with Gasteiger partial charge in [-0.1, -0.05) is 31.5 Å². The highest BCUT2D eigenvalue weighted by Crippen LogP contribution is 2.26. The van der Waals surface area contributed by atoms with E-state index in [1.807, 2.05) is 67.3 Å². The van der Waals surface area contributed by atoms with Crippen LogP contribution in [-0.2, 0) is 6.42 Å². The Hall–Kier alpha value is -4.20. The smallest absolute Gasteiger partial charge is 0.323 e. The predicted octanol–water partition coefficient (Wildman–Crippen LogP) is 6.65. The molecule has 206 valence electrons. The van der Waals surface area contributed by atoms with Crippen LogP contribution in [0, 0.1) is 13.8 Å². The molecule has 8 nitrogen and oxygen atoms in total. The fourth-order valence-corrected chi connectivity index (χ4v) is 4.72. The number of nitrogens with zero attached hydrogens (tertiary/aromatic N) is 2. The van der Waals surface area contributed by atoms with Crippen LogP contribution in [0.4, 0.5) is 32.3 Å². The van der Waals surface area contributed by atoms with Gasteiger partial charge in [-0.3, -0.25) is 0 Å². The van der Waals surface area contributed by atoms with Gasteiger partial charge in [0.15, 0.2) is 0 Å². The second-order valence-electron chi connectivity index (χ2n) is 9.99. The number of aryl methyl sites for hydroxylation is 3. The Morgan fingerprint density at radius 3 is 2.26 bits per heavy atom. The molecule has 1 saturated heterocycles. The lowest BCUT2D eigenvalue weighted by atomic mass is 10.0. The van der Waals surface area contributed by atoms with Crippen LogP contribution < -0.4 is 25.6 Å². The van der Waals surface area contributed by atoms with E-state index in [1.165, 1.54) is 18.4 Å². The number of hydrogen-bond donors (Lipinski definition) is 3. The highest BCUT2D eigenvalue weighted by Gasteiger charge is 2.22. The predicted molar refractivity (Wildman–Crippen MR) is 159 cm³/mol. The molecule has 4 rings (SSSR count). The summed E-state index contributed by atoms with van der Waals surface area (Å²) in [5.74, 6) is 0.606. The summed E-state index contributed by atoms with van der Waals surface area (Å²) in [6.45, 7) is 8.96. The van der Waals surface area contributed by atoms with Gasteiger partial charge < -0.3 is 30.5 Å². The number of carbonyl (C=O) groups is 2. The zero-order valence-electron chi connectivity index (χ0n) is 23.3. The normalized spacial score (nSPS) is 13.1. The Kier molecular flexibility index (Phi) is 9.31. The molecule has 0 saturated carbocycles. The number of piperazine rings is 1. The molecule has 3 aromatic carbocycles. The fraction of sp³-hybridized carbons (Fsp3) is 0.355. The number of unbranched alkanes of at least 4 members (excludes halogenated alkanes) is 1. The average Bonchev–Trinajstić information content (AvgIpc) is 2.94. The van der Waals surface area contributed by atoms with Crippen LogP contribution in [0.5, 0.6) is 5.75 Å². The van der Waals surface area contributed by atoms with E-state index >= 15 is 0 Å². The van der Waals surface area contributed by atoms with Gasteiger partial charge in [0.1, 0.15) is 5.75 Å². The quantitative estimate of drug-likeness (QED) is 0.305. The van der Waals surface area contributed by atoms with Gasteiger partial charge in [-0.25, -0.2) is 9.59 Å². The van der Waals surface area contributed by atoms with Crippen LogP contribution >= 0.6 is 0 Å². The number of ether oxygens (including phenoxy) is 1. The molecule has 3 N–H and O–H groups in total. The van der Waals surface area contributed by atoms with E-state index in [4.69, 9.17) is 4.74 Å². The van der Waals surface area contributed by atoms with Gasteiger partial charge in [0.25, 0.3) is 0 Å². The third-order valence-electron chi connectivity index (χ3n) is 7.01. The van der Waals surface area contributed by atoms with E-state index < -0.39 is 0 Å². The number of hydrogen-bond acceptors (Lipinski definition) is 4. The van der Waals surface area contributed by atoms with Gasteiger partial charge in [-0.2, -0.15) is 0 Å². The average molecular weight is 530 g/mol. The molecule has 1 heterocycles. The van der Waals surface area contributed by atoms with Crippen LogP contribution in [0.15, 0.2) is 60.7 Å². The summed E-state index contributed by atoms with van der Waals surface area (Å²) in [4.78, 5) is 29.5. The van der Waals surface area contributed by atoms with Gasteiger partial charge in [-0.05, 0) is 85.8 Å². The van der Waals surface area contributed by atoms with Crippen molar-refractivity contribution in [3.05, 3.63) is 77.4 Å². The maximum absolute atomic E-state index is 12.9. The first-order valence-electron chi connectivity index (χ1n) is 13.6. The number of nitrogens with one attached hydrogen (secondary N) is 3. The monoisotopic (exact) mass is 529 g/mol. The summed E-state index contributed by atoms with van der Waals surface area (Å²) in [6, 6.07) is 19.3. The molecule has 0 atom stereocenters. The van der Waals surface area contributed by atoms with Crippen LogP contribution in [0.1, 0.15) is 36.5 Å². The second kappa shape index (κ2) is 13.0. The van der Waals surface area contributed by atoms with E-state index in [0.717, 1.165) is 42.0 Å². The van der Waals surface area contributed by atoms with Crippen molar-refractivity contribution in [1.82, 2.24) is 4.90 Å². The lowest BCUT2D eigenvalue weighted by Crippen LogP contribution is -2.50. The zero-order valence-corrected chi connectivity index (χ0v) is 23.3. The molecule has 0 radical (unpaired) electrons. The first kappa shape index (κ1) is 27.8. The van der Waals surface area contributed by atoms with Crippen molar-refractivity contribution in [3.63, 3.8) is 0 Å². The number of benzene rings is 3. The third-order valence-corrected chi connectivity index (χ3v) is 7.01. The van der Waals surface area contributed by atoms with E-state index in [0.29, 0.717) is 30.2 Å². The number of urea groups is 2. The summed E-state index contributed by atoms with van der Waals surface area (Å²) < 4.78 is 5.33. The summed E-state index contributed by atoms with van der Waals surface area (Å²) in [5.41, 5.74) is 6.67. The molecule has 0 aromatic heterocycles. The highest BCUT2D eigenvalue weighted by atomic mass is 16.5. The standard InChI is InChI=1S/C31H39N5O3/c1-5-6-7-24-9-14-27(23(3)21-24)34-31(38)36-18-16-35(17-19-36)26-12-10-25(11-13-26)32-30(37)33-28-20-22(2)8-15-29(28)39-4/h8-15,20-21H,5-7,16-19H2,1-4H3,(H,34,38)(H2,32,33,37). The Morgan fingerprint density at radius 2 is 1.59 bits per heavy atom. The fourth-order valence-electron chi connectivity index (χ4n) is 4.72. The molecule has 39 heavy (non-hydrogen) atoms. The Morgan fingerprint density at radius 1 is 0.846 bits per heavy atom. The van der Waals surface area contributed by atoms with Crippen molar-refractivity contribution in [2.24, 2.45) is 0 Å². The lowest BCUT2D eigenvalue weighted by Gasteiger charge is -2.36. The van der Waals surface area contributed by atoms with E-state index in [1.54, 1.807) is 7.11 Å². The zero-order chi connectivity index (χ0) is 27.8. The molecule has 0 bridgehead atoms. The Labute approximate surface area is 231 Å². The van der Waals surface area contributed by atoms with E-state index in [-0.39, 0.29) is 12.1 Å². The van der Waals surface area contributed by atoms with Gasteiger partial charge in [-0.15, -0.1) is 0 Å². The van der Waals surface area contributed by atoms with Crippen LogP contribution in [-0.4, -0.2) is 50.3 Å². The Balaban J connectivity index is 1.26. The van der Waals surface area contributed by atoms with E-state index in [2.05, 4.69) is 39.9 Å². The summed E-state index contributed by atoms with van der Waals surface area (Å²) in [7, 11) is 1.58. The van der Waals surface area contributed by atoms with Crippen LogP contribution in [0.3, 0.4) is 0 Å². The molecule has 0 spiro atoms. The molecule has 4 amide bonds. The van der Waals surface area contributed by atoms with Gasteiger partial charge in [0.05, 0.1) is 12.8 Å². The summed E-state index contributed by atoms with van der Waals surface area (Å²) in [5, 5.41) is 8.80. The first-order chi connectivity index (χ1) is 18.9. The molecule has 3 aromatic rings. The van der Waals surface area contributed by atoms with Crippen molar-refractivity contribution in [3.8, 4) is 5.75 Å². The molecule has 1 aliphatic rings. The lowest BCUT2D eigenvalue weighted by molar-refractivity contribution is 0.208. The van der Waals surface area contributed by atoms with Crippen LogP contribution in [0.25, 0.3) is 0 Å². The number of rotatable bonds is 8. The summed E-state index contributed by atoms with van der Waals surface area (Å²) >= 11 is 0. The largest absolute Gasteiger partial charge is 0.495 e. The van der Waals surface area contributed by atoms with Crippen molar-refractivity contribution < 1.29 is 14.3 Å². The summed E-state index contributed by atoms with van der Waals surface area (Å²) in [6.07, 6.45) is 3.42. The molecule has 1 fully saturated rings. The minimum atomic E-state index is -0.336. The molecule has 0 aliphatic carbocycles. The van der Waals surface area contributed by atoms with Gasteiger partial charge >= 0.3 is 12.1 Å². The van der Waals surface area contributed by atoms with Crippen molar-refractivity contribution in [1.29, 1.82) is 0 Å². The third kappa shape index (κ3) is 7.44. The van der Waals surface area contributed by atoms with Gasteiger partial charge in [0, 0.05) is 43.2 Å². The van der Waals surface area contributed by atoms with E-state index in [9.17, 15) is 9.59 Å². The van der Waals surface area contributed by atoms with Crippen molar-refractivity contribution in [2.75, 3.05) is 54.1 Å². The minimum absolute atomic E-state index is 0.0603. The SMILES string of the molecule is CCCCc1ccc(NC(=O)N2CCN(c3ccc(NC(=O)Nc4cc(C)ccc4OC)cc3)CC2)c(C)c1. The maximum atomic E-state index is 12.9. The maximum Gasteiger partial charge on any atom is 0.323 e. The molecule has 0 unspecified atom stereocenters. The number of methoxy groups -OCH3 is 1. The van der Waals surface area contributed by atoms with Crippen molar-refractivity contribution in [2.45, 2.75) is 40.0 Å². The number of carbonyl (C=O) groups excluding carboxylic acids is 2. The van der Waals surface area contributed by atoms with Crippen LogP contribution in [0.2, 0.25) is 0 Å². The first-order valence-corrected chi connectivity index (χ1v) is 13.6. The molecular weight excluding hydrogens is 490 g/mol. The highest BCUT2D eigenvalue weighted by molar-refractivity contribution is 6.00. The van der Waals surface area contributed by atoms with Crippen molar-refractivity contribution >= 4 is 34.8 Å². The second-order valence-corrected chi connectivity index (χ2v) is 9.99. The topological polar surface area (TPSA) is 85.9 Å². The molecular formula is C31H39N5O3. The Bertz CT molecular complexity index is 1280.